The molecule has 0 aliphatic rings. The Balaban J connectivity index is 1.99. The van der Waals surface area contributed by atoms with Crippen LogP contribution >= 0.6 is 0 Å². The molecule has 0 aliphatic heterocycles. The van der Waals surface area contributed by atoms with Crippen molar-refractivity contribution in [2.45, 2.75) is 6.92 Å². The van der Waals surface area contributed by atoms with Crippen LogP contribution in [-0.4, -0.2) is 9.97 Å². The first-order chi connectivity index (χ1) is 9.54. The van der Waals surface area contributed by atoms with Gasteiger partial charge in [0.05, 0.1) is 16.7 Å². The molecule has 0 spiro atoms. The van der Waals surface area contributed by atoms with Crippen LogP contribution in [-0.2, 0) is 0 Å². The number of H-pyrrole nitrogens is 1. The van der Waals surface area contributed by atoms with E-state index in [1.807, 2.05) is 25.1 Å². The lowest BCUT2D eigenvalue weighted by molar-refractivity contribution is 0.449. The number of fused-ring (bicyclic) bond motifs is 1. The molecule has 6 heteroatoms. The highest BCUT2D eigenvalue weighted by Crippen LogP contribution is 2.24. The molecule has 0 unspecified atom stereocenters. The first-order valence-corrected chi connectivity index (χ1v) is 5.91. The normalized spacial score (nSPS) is 11.0. The second-order valence-electron chi connectivity index (χ2n) is 4.45. The van der Waals surface area contributed by atoms with Crippen LogP contribution in [0.5, 0.6) is 0 Å². The van der Waals surface area contributed by atoms with Crippen molar-refractivity contribution >= 4 is 22.7 Å². The lowest BCUT2D eigenvalue weighted by Gasteiger charge is -2.05. The van der Waals surface area contributed by atoms with Crippen molar-refractivity contribution in [3.8, 4) is 0 Å². The van der Waals surface area contributed by atoms with Crippen LogP contribution in [0, 0.1) is 24.4 Å². The number of nitrogens with one attached hydrogen (secondary N) is 2. The zero-order valence-electron chi connectivity index (χ0n) is 10.5. The summed E-state index contributed by atoms with van der Waals surface area (Å²) in [4.78, 5) is 7.13. The third-order valence-electron chi connectivity index (χ3n) is 2.93. The fourth-order valence-electron chi connectivity index (χ4n) is 1.93. The largest absolute Gasteiger partial charge is 0.324 e. The van der Waals surface area contributed by atoms with E-state index in [2.05, 4.69) is 15.3 Å². The monoisotopic (exact) mass is 277 g/mol. The van der Waals surface area contributed by atoms with Gasteiger partial charge in [-0.3, -0.25) is 0 Å². The van der Waals surface area contributed by atoms with E-state index >= 15 is 0 Å². The van der Waals surface area contributed by atoms with E-state index in [1.54, 1.807) is 0 Å². The third kappa shape index (κ3) is 2.09. The Morgan fingerprint density at radius 2 is 1.85 bits per heavy atom. The van der Waals surface area contributed by atoms with Crippen LogP contribution in [0.3, 0.4) is 0 Å². The Hall–Kier alpha value is -2.50. The lowest BCUT2D eigenvalue weighted by atomic mass is 10.2. The van der Waals surface area contributed by atoms with Crippen molar-refractivity contribution in [2.24, 2.45) is 0 Å². The Bertz CT molecular complexity index is 796. The molecular formula is C14H10F3N3. The molecule has 1 aromatic heterocycles. The van der Waals surface area contributed by atoms with E-state index in [-0.39, 0.29) is 11.6 Å². The summed E-state index contributed by atoms with van der Waals surface area (Å²) < 4.78 is 39.5. The molecule has 1 heterocycles. The lowest BCUT2D eigenvalue weighted by Crippen LogP contribution is -1.99. The van der Waals surface area contributed by atoms with Crippen LogP contribution in [0.4, 0.5) is 24.8 Å². The fraction of sp³-hybridized carbons (Fsp3) is 0.0714. The van der Waals surface area contributed by atoms with E-state index < -0.39 is 17.5 Å². The number of anilines is 2. The van der Waals surface area contributed by atoms with Gasteiger partial charge in [-0.15, -0.1) is 0 Å². The predicted molar refractivity (Wildman–Crippen MR) is 70.4 cm³/mol. The molecule has 3 nitrogen and oxygen atoms in total. The Morgan fingerprint density at radius 3 is 2.65 bits per heavy atom. The molecule has 0 radical (unpaired) electrons. The molecule has 0 atom stereocenters. The molecule has 3 aromatic rings. The number of aryl methyl sites for hydroxylation is 1. The summed E-state index contributed by atoms with van der Waals surface area (Å²) in [7, 11) is 0. The average molecular weight is 277 g/mol. The van der Waals surface area contributed by atoms with Crippen molar-refractivity contribution < 1.29 is 13.2 Å². The minimum atomic E-state index is -1.51. The minimum absolute atomic E-state index is 0.181. The molecule has 0 aliphatic carbocycles. The number of aromatic nitrogens is 2. The van der Waals surface area contributed by atoms with Crippen LogP contribution < -0.4 is 5.32 Å². The predicted octanol–water partition coefficient (Wildman–Crippen LogP) is 4.03. The van der Waals surface area contributed by atoms with Gasteiger partial charge in [0.2, 0.25) is 5.95 Å². The highest BCUT2D eigenvalue weighted by molar-refractivity contribution is 5.79. The summed E-state index contributed by atoms with van der Waals surface area (Å²) >= 11 is 0. The van der Waals surface area contributed by atoms with Crippen LogP contribution in [0.25, 0.3) is 11.0 Å². The van der Waals surface area contributed by atoms with Gasteiger partial charge < -0.3 is 10.3 Å². The van der Waals surface area contributed by atoms with Crippen LogP contribution in [0.15, 0.2) is 30.3 Å². The number of benzene rings is 2. The van der Waals surface area contributed by atoms with Gasteiger partial charge in [0.1, 0.15) is 0 Å². The smallest absolute Gasteiger partial charge is 0.205 e. The maximum Gasteiger partial charge on any atom is 0.205 e. The molecule has 2 N–H and O–H groups in total. The van der Waals surface area contributed by atoms with Crippen molar-refractivity contribution in [1.82, 2.24) is 9.97 Å². The number of hydrogen-bond donors (Lipinski definition) is 2. The van der Waals surface area contributed by atoms with Gasteiger partial charge in [0.25, 0.3) is 0 Å². The van der Waals surface area contributed by atoms with Crippen molar-refractivity contribution in [2.75, 3.05) is 5.32 Å². The molecule has 0 saturated carbocycles. The first-order valence-electron chi connectivity index (χ1n) is 5.91. The average Bonchev–Trinajstić information content (AvgIpc) is 2.81. The number of nitrogens with zero attached hydrogens (tertiary/aromatic N) is 1. The topological polar surface area (TPSA) is 40.7 Å². The number of rotatable bonds is 2. The van der Waals surface area contributed by atoms with Gasteiger partial charge in [-0.1, -0.05) is 6.07 Å². The molecule has 20 heavy (non-hydrogen) atoms. The number of aromatic amines is 1. The first kappa shape index (κ1) is 12.5. The maximum atomic E-state index is 13.5. The Kier molecular flexibility index (Phi) is 2.85. The molecule has 0 bridgehead atoms. The summed E-state index contributed by atoms with van der Waals surface area (Å²) in [5.41, 5.74) is 2.34. The molecule has 2 aromatic carbocycles. The molecule has 102 valence electrons. The van der Waals surface area contributed by atoms with Gasteiger partial charge in [0, 0.05) is 0 Å². The summed E-state index contributed by atoms with van der Waals surface area (Å²) in [6.45, 7) is 1.93. The number of hydrogen-bond acceptors (Lipinski definition) is 2. The van der Waals surface area contributed by atoms with Crippen molar-refractivity contribution in [3.05, 3.63) is 53.3 Å². The second-order valence-corrected chi connectivity index (χ2v) is 4.45. The number of imidazole rings is 1. The molecule has 0 saturated heterocycles. The van der Waals surface area contributed by atoms with E-state index in [0.29, 0.717) is 5.52 Å². The van der Waals surface area contributed by atoms with Crippen molar-refractivity contribution in [3.63, 3.8) is 0 Å². The highest BCUT2D eigenvalue weighted by Gasteiger charge is 2.14. The Morgan fingerprint density at radius 1 is 1.05 bits per heavy atom. The third-order valence-corrected chi connectivity index (χ3v) is 2.93. The van der Waals surface area contributed by atoms with Gasteiger partial charge in [0.15, 0.2) is 17.5 Å². The van der Waals surface area contributed by atoms with Gasteiger partial charge >= 0.3 is 0 Å². The van der Waals surface area contributed by atoms with Gasteiger partial charge in [-0.2, -0.15) is 0 Å². The van der Waals surface area contributed by atoms with Gasteiger partial charge in [-0.25, -0.2) is 18.2 Å². The molecule has 0 fully saturated rings. The standard InChI is InChI=1S/C14H10F3N3/c1-7-2-4-9-11(6-7)20-14(18-9)19-10-5-3-8(15)12(16)13(10)17/h2-6H,1H3,(H2,18,19,20). The van der Waals surface area contributed by atoms with E-state index in [4.69, 9.17) is 0 Å². The highest BCUT2D eigenvalue weighted by atomic mass is 19.2. The summed E-state index contributed by atoms with van der Waals surface area (Å²) in [6, 6.07) is 7.56. The zero-order chi connectivity index (χ0) is 14.3. The van der Waals surface area contributed by atoms with Crippen LogP contribution in [0.1, 0.15) is 5.56 Å². The van der Waals surface area contributed by atoms with Crippen molar-refractivity contribution in [1.29, 1.82) is 0 Å². The summed E-state index contributed by atoms with van der Waals surface area (Å²) in [6.07, 6.45) is 0. The molecule has 0 amide bonds. The molecular weight excluding hydrogens is 267 g/mol. The number of halogens is 3. The minimum Gasteiger partial charge on any atom is -0.324 e. The van der Waals surface area contributed by atoms with Gasteiger partial charge in [-0.05, 0) is 36.8 Å². The fourth-order valence-corrected chi connectivity index (χ4v) is 1.93. The Labute approximate surface area is 112 Å². The quantitative estimate of drug-likeness (QED) is 0.694. The maximum absolute atomic E-state index is 13.5. The summed E-state index contributed by atoms with van der Waals surface area (Å²) in [5, 5.41) is 2.60. The van der Waals surface area contributed by atoms with E-state index in [9.17, 15) is 13.2 Å². The zero-order valence-corrected chi connectivity index (χ0v) is 10.5. The SMILES string of the molecule is Cc1ccc2nc(Nc3ccc(F)c(F)c3F)[nH]c2c1. The van der Waals surface area contributed by atoms with Crippen LogP contribution in [0.2, 0.25) is 0 Å². The second kappa shape index (κ2) is 4.56. The van der Waals surface area contributed by atoms with E-state index in [0.717, 1.165) is 23.2 Å². The molecule has 3 rings (SSSR count). The summed E-state index contributed by atoms with van der Waals surface area (Å²) in [5.74, 6) is -3.76. The van der Waals surface area contributed by atoms with E-state index in [1.165, 1.54) is 0 Å².